The molecule has 2 aliphatic rings. The van der Waals surface area contributed by atoms with Crippen LogP contribution in [0.2, 0.25) is 0 Å². The van der Waals surface area contributed by atoms with E-state index in [1.807, 2.05) is 20.8 Å². The number of Topliss-reactive ketones (excluding diaryl/α,β-unsaturated/α-hetero) is 2. The van der Waals surface area contributed by atoms with E-state index < -0.39 is 58.7 Å². The highest BCUT2D eigenvalue weighted by molar-refractivity contribution is 6.28. The van der Waals surface area contributed by atoms with Crippen molar-refractivity contribution in [1.82, 2.24) is 10.2 Å². The van der Waals surface area contributed by atoms with Crippen LogP contribution in [0.5, 0.6) is 5.75 Å². The Hall–Kier alpha value is -3.50. The van der Waals surface area contributed by atoms with Gasteiger partial charge in [-0.2, -0.15) is 0 Å². The van der Waals surface area contributed by atoms with Gasteiger partial charge in [0.25, 0.3) is 11.8 Å². The number of carbonyl (C=O) groups excluding carboxylic acids is 4. The molecular weight excluding hydrogens is 478 g/mol. The normalized spacial score (nSPS) is 23.3. The molecule has 0 saturated heterocycles. The second-order valence-corrected chi connectivity index (χ2v) is 11.1. The van der Waals surface area contributed by atoms with Gasteiger partial charge in [0.1, 0.15) is 17.1 Å². The lowest BCUT2D eigenvalue weighted by Crippen LogP contribution is -2.50. The van der Waals surface area contributed by atoms with Gasteiger partial charge in [-0.05, 0) is 36.7 Å². The molecule has 4 atom stereocenters. The maximum absolute atomic E-state index is 13.6. The molecule has 200 valence electrons. The number of benzene rings is 1. The summed E-state index contributed by atoms with van der Waals surface area (Å²) in [5, 5.41) is 35.8. The Morgan fingerprint density at radius 2 is 1.78 bits per heavy atom. The summed E-state index contributed by atoms with van der Waals surface area (Å²) < 4.78 is 0. The molecule has 10 nitrogen and oxygen atoms in total. The van der Waals surface area contributed by atoms with Crippen LogP contribution in [-0.4, -0.2) is 76.4 Å². The summed E-state index contributed by atoms with van der Waals surface area (Å²) in [5.41, 5.74) is 4.67. The summed E-state index contributed by atoms with van der Waals surface area (Å²) >= 11 is 0. The first-order valence-corrected chi connectivity index (χ1v) is 12.1. The number of amides is 2. The monoisotopic (exact) mass is 513 g/mol. The van der Waals surface area contributed by atoms with Crippen molar-refractivity contribution in [2.45, 2.75) is 52.2 Å². The third-order valence-electron chi connectivity index (χ3n) is 6.93. The van der Waals surface area contributed by atoms with Crippen molar-refractivity contribution in [2.75, 3.05) is 20.6 Å². The molecule has 0 fully saturated rings. The first-order chi connectivity index (χ1) is 17.1. The number of fused-ring (bicyclic) bond motifs is 1. The Balaban J connectivity index is 2.21. The molecular formula is C27H35N3O7. The lowest BCUT2D eigenvalue weighted by atomic mass is 9.69. The molecule has 10 heteroatoms. The number of aliphatic hydroxyl groups excluding tert-OH is 2. The fraction of sp³-hybridized carbons (Fsp3) is 0.481. The SMILES string of the molecule is C[C@@H]1C([C@H](O)C2CC(=O)C(C(N)=O)=C(O)[C@H]2N(C)C)=C(C(=O)NCC(C)(C)C)C(=O)c2c(O)cccc21. The number of hydrogen-bond donors (Lipinski definition) is 5. The maximum atomic E-state index is 13.6. The molecule has 0 radical (unpaired) electrons. The molecule has 0 spiro atoms. The summed E-state index contributed by atoms with van der Waals surface area (Å²) in [6, 6.07) is 3.56. The van der Waals surface area contributed by atoms with Gasteiger partial charge in [-0.25, -0.2) is 0 Å². The fourth-order valence-corrected chi connectivity index (χ4v) is 5.21. The van der Waals surface area contributed by atoms with Crippen LogP contribution in [0.3, 0.4) is 0 Å². The number of aliphatic hydroxyl groups is 2. The number of aromatic hydroxyl groups is 1. The van der Waals surface area contributed by atoms with E-state index in [0.717, 1.165) is 0 Å². The maximum Gasteiger partial charge on any atom is 0.255 e. The van der Waals surface area contributed by atoms with Gasteiger partial charge < -0.3 is 26.4 Å². The van der Waals surface area contributed by atoms with Crippen LogP contribution >= 0.6 is 0 Å². The smallest absolute Gasteiger partial charge is 0.255 e. The van der Waals surface area contributed by atoms with Crippen molar-refractivity contribution >= 4 is 23.4 Å². The highest BCUT2D eigenvalue weighted by atomic mass is 16.3. The van der Waals surface area contributed by atoms with Crippen LogP contribution in [0.4, 0.5) is 0 Å². The quantitative estimate of drug-likeness (QED) is 0.355. The highest BCUT2D eigenvalue weighted by Gasteiger charge is 2.47. The second-order valence-electron chi connectivity index (χ2n) is 11.1. The van der Waals surface area contributed by atoms with Crippen LogP contribution in [0.15, 0.2) is 40.7 Å². The number of likely N-dealkylation sites (N-methyl/N-ethyl adjacent to an activating group) is 1. The van der Waals surface area contributed by atoms with Crippen LogP contribution in [0, 0.1) is 11.3 Å². The molecule has 1 aromatic rings. The van der Waals surface area contributed by atoms with Crippen LogP contribution < -0.4 is 11.1 Å². The van der Waals surface area contributed by atoms with Crippen molar-refractivity contribution in [3.8, 4) is 5.75 Å². The average Bonchev–Trinajstić information content (AvgIpc) is 2.77. The number of primary amides is 1. The molecule has 0 aromatic heterocycles. The molecule has 37 heavy (non-hydrogen) atoms. The highest BCUT2D eigenvalue weighted by Crippen LogP contribution is 2.44. The van der Waals surface area contributed by atoms with Crippen LogP contribution in [-0.2, 0) is 14.4 Å². The van der Waals surface area contributed by atoms with Crippen molar-refractivity contribution in [3.05, 3.63) is 51.8 Å². The Kier molecular flexibility index (Phi) is 7.67. The zero-order chi connectivity index (χ0) is 28.0. The zero-order valence-electron chi connectivity index (χ0n) is 22.0. The Labute approximate surface area is 215 Å². The summed E-state index contributed by atoms with van der Waals surface area (Å²) in [4.78, 5) is 53.2. The van der Waals surface area contributed by atoms with Gasteiger partial charge >= 0.3 is 0 Å². The number of ketones is 2. The second kappa shape index (κ2) is 10.1. The van der Waals surface area contributed by atoms with E-state index in [9.17, 15) is 34.5 Å². The standard InChI is InChI=1S/C27H35N3O7/c1-12-13-8-7-9-15(31)18(13)23(34)20(26(37)29-11-27(2,3)4)17(12)22(33)14-10-16(32)19(25(28)36)24(35)21(14)30(5)6/h7-9,12,14,21-22,31,33,35H,10-11H2,1-6H3,(H2,28,36)(H,29,37)/t12-,14?,21-,22+/m0/s1. The van der Waals surface area contributed by atoms with Gasteiger partial charge in [-0.1, -0.05) is 39.8 Å². The van der Waals surface area contributed by atoms with Gasteiger partial charge in [0, 0.05) is 24.8 Å². The van der Waals surface area contributed by atoms with Crippen molar-refractivity contribution < 1.29 is 34.5 Å². The number of carbonyl (C=O) groups is 4. The number of nitrogens with zero attached hydrogens (tertiary/aromatic N) is 1. The number of nitrogens with two attached hydrogens (primary N) is 1. The predicted molar refractivity (Wildman–Crippen MR) is 136 cm³/mol. The topological polar surface area (TPSA) is 170 Å². The third-order valence-corrected chi connectivity index (χ3v) is 6.93. The molecule has 0 bridgehead atoms. The molecule has 0 saturated carbocycles. The van der Waals surface area contributed by atoms with Crippen LogP contribution in [0.1, 0.15) is 56.0 Å². The van der Waals surface area contributed by atoms with E-state index in [-0.39, 0.29) is 40.8 Å². The van der Waals surface area contributed by atoms with Gasteiger partial charge in [0.05, 0.1) is 23.3 Å². The average molecular weight is 514 g/mol. The lowest BCUT2D eigenvalue weighted by molar-refractivity contribution is -0.124. The molecule has 2 amide bonds. The van der Waals surface area contributed by atoms with Crippen LogP contribution in [0.25, 0.3) is 0 Å². The van der Waals surface area contributed by atoms with E-state index in [2.05, 4.69) is 5.32 Å². The summed E-state index contributed by atoms with van der Waals surface area (Å²) in [6.07, 6.45) is -1.88. The molecule has 2 aliphatic carbocycles. The predicted octanol–water partition coefficient (Wildman–Crippen LogP) is 1.33. The summed E-state index contributed by atoms with van der Waals surface area (Å²) in [7, 11) is 3.20. The van der Waals surface area contributed by atoms with Gasteiger partial charge in [-0.3, -0.25) is 24.1 Å². The first-order valence-electron chi connectivity index (χ1n) is 12.1. The van der Waals surface area contributed by atoms with Crippen molar-refractivity contribution in [3.63, 3.8) is 0 Å². The molecule has 6 N–H and O–H groups in total. The number of rotatable bonds is 6. The summed E-state index contributed by atoms with van der Waals surface area (Å²) in [6.45, 7) is 7.65. The fourth-order valence-electron chi connectivity index (χ4n) is 5.21. The summed E-state index contributed by atoms with van der Waals surface area (Å²) in [5.74, 6) is -5.80. The van der Waals surface area contributed by atoms with Crippen molar-refractivity contribution in [1.29, 1.82) is 0 Å². The number of phenols is 1. The minimum Gasteiger partial charge on any atom is -0.510 e. The Morgan fingerprint density at radius 1 is 1.16 bits per heavy atom. The van der Waals surface area contributed by atoms with Gasteiger partial charge in [0.2, 0.25) is 5.78 Å². The molecule has 0 aliphatic heterocycles. The lowest BCUT2D eigenvalue weighted by Gasteiger charge is -2.41. The minimum absolute atomic E-state index is 0.0190. The van der Waals surface area contributed by atoms with E-state index in [1.54, 1.807) is 33.2 Å². The third kappa shape index (κ3) is 5.17. The molecule has 3 rings (SSSR count). The first kappa shape index (κ1) is 28.1. The van der Waals surface area contributed by atoms with Gasteiger partial charge in [-0.15, -0.1) is 0 Å². The van der Waals surface area contributed by atoms with E-state index >= 15 is 0 Å². The minimum atomic E-state index is -1.53. The molecule has 1 aromatic carbocycles. The Morgan fingerprint density at radius 3 is 2.32 bits per heavy atom. The molecule has 0 heterocycles. The molecule has 1 unspecified atom stereocenters. The van der Waals surface area contributed by atoms with Gasteiger partial charge in [0.15, 0.2) is 5.78 Å². The van der Waals surface area contributed by atoms with Crippen molar-refractivity contribution in [2.24, 2.45) is 17.1 Å². The zero-order valence-corrected chi connectivity index (χ0v) is 22.0. The number of hydrogen-bond acceptors (Lipinski definition) is 8. The van der Waals surface area contributed by atoms with E-state index in [1.165, 1.54) is 11.0 Å². The number of phenolic OH excluding ortho intramolecular Hbond substituents is 1. The number of nitrogens with one attached hydrogen (secondary N) is 1. The Bertz CT molecular complexity index is 1220. The van der Waals surface area contributed by atoms with E-state index in [4.69, 9.17) is 5.73 Å². The van der Waals surface area contributed by atoms with E-state index in [0.29, 0.717) is 5.56 Å². The largest absolute Gasteiger partial charge is 0.510 e.